The van der Waals surface area contributed by atoms with Crippen LogP contribution in [0.2, 0.25) is 5.02 Å². The highest BCUT2D eigenvalue weighted by Crippen LogP contribution is 2.20. The van der Waals surface area contributed by atoms with E-state index in [-0.39, 0.29) is 6.61 Å². The van der Waals surface area contributed by atoms with Crippen LogP contribution in [-0.2, 0) is 6.42 Å². The molecule has 2 N–H and O–H groups in total. The lowest BCUT2D eigenvalue weighted by Gasteiger charge is -2.08. The van der Waals surface area contributed by atoms with Gasteiger partial charge in [0.1, 0.15) is 5.01 Å². The first-order chi connectivity index (χ1) is 9.67. The van der Waals surface area contributed by atoms with Gasteiger partial charge in [0, 0.05) is 24.6 Å². The molecule has 0 radical (unpaired) electrons. The molecule has 2 rings (SSSR count). The molecule has 1 heterocycles. The van der Waals surface area contributed by atoms with Crippen molar-refractivity contribution >= 4 is 28.1 Å². The van der Waals surface area contributed by atoms with Gasteiger partial charge >= 0.3 is 0 Å². The molecule has 0 aliphatic rings. The molecular formula is C14H18ClN3OS. The summed E-state index contributed by atoms with van der Waals surface area (Å²) in [5, 5.41) is 23.0. The molecule has 6 heteroatoms. The van der Waals surface area contributed by atoms with Crippen LogP contribution < -0.4 is 5.32 Å². The Morgan fingerprint density at radius 1 is 1.30 bits per heavy atom. The van der Waals surface area contributed by atoms with Crippen molar-refractivity contribution in [2.45, 2.75) is 19.8 Å². The van der Waals surface area contributed by atoms with Gasteiger partial charge in [0.05, 0.1) is 0 Å². The minimum Gasteiger partial charge on any atom is -0.396 e. The Morgan fingerprint density at radius 2 is 2.05 bits per heavy atom. The zero-order valence-electron chi connectivity index (χ0n) is 11.3. The van der Waals surface area contributed by atoms with Gasteiger partial charge in [-0.15, -0.1) is 10.2 Å². The lowest BCUT2D eigenvalue weighted by molar-refractivity contribution is 0.266. The number of aromatic nitrogens is 2. The van der Waals surface area contributed by atoms with Crippen molar-refractivity contribution in [3.8, 4) is 0 Å². The van der Waals surface area contributed by atoms with Crippen molar-refractivity contribution in [3.05, 3.63) is 39.9 Å². The van der Waals surface area contributed by atoms with Gasteiger partial charge in [-0.3, -0.25) is 0 Å². The van der Waals surface area contributed by atoms with Crippen LogP contribution in [0.5, 0.6) is 0 Å². The van der Waals surface area contributed by atoms with Crippen molar-refractivity contribution in [2.75, 3.05) is 18.5 Å². The summed E-state index contributed by atoms with van der Waals surface area (Å²) in [6, 6.07) is 7.77. The highest BCUT2D eigenvalue weighted by Gasteiger charge is 2.07. The van der Waals surface area contributed by atoms with Crippen LogP contribution in [0.25, 0.3) is 0 Å². The van der Waals surface area contributed by atoms with Crippen molar-refractivity contribution < 1.29 is 5.11 Å². The average Bonchev–Trinajstić information content (AvgIpc) is 2.87. The Balaban J connectivity index is 1.87. The molecule has 0 aliphatic carbocycles. The van der Waals surface area contributed by atoms with Gasteiger partial charge < -0.3 is 10.4 Å². The molecule has 1 unspecified atom stereocenters. The van der Waals surface area contributed by atoms with Gasteiger partial charge in [-0.05, 0) is 30.0 Å². The summed E-state index contributed by atoms with van der Waals surface area (Å²) < 4.78 is 0. The van der Waals surface area contributed by atoms with E-state index in [4.69, 9.17) is 16.7 Å². The molecule has 0 fully saturated rings. The van der Waals surface area contributed by atoms with Crippen molar-refractivity contribution in [2.24, 2.45) is 5.92 Å². The molecule has 1 aromatic heterocycles. The normalized spacial score (nSPS) is 12.3. The number of nitrogens with one attached hydrogen (secondary N) is 1. The SMILES string of the molecule is CC(CCO)CNc1nnc(Cc2ccc(Cl)cc2)s1. The molecular weight excluding hydrogens is 294 g/mol. The van der Waals surface area contributed by atoms with E-state index in [1.165, 1.54) is 5.56 Å². The number of anilines is 1. The molecule has 20 heavy (non-hydrogen) atoms. The van der Waals surface area contributed by atoms with E-state index < -0.39 is 0 Å². The van der Waals surface area contributed by atoms with Crippen LogP contribution >= 0.6 is 22.9 Å². The van der Waals surface area contributed by atoms with E-state index in [2.05, 4.69) is 22.4 Å². The van der Waals surface area contributed by atoms with Gasteiger partial charge in [0.2, 0.25) is 5.13 Å². The Labute approximate surface area is 127 Å². The molecule has 0 aliphatic heterocycles. The fourth-order valence-electron chi connectivity index (χ4n) is 1.76. The van der Waals surface area contributed by atoms with Gasteiger partial charge in [-0.2, -0.15) is 0 Å². The largest absolute Gasteiger partial charge is 0.396 e. The fourth-order valence-corrected chi connectivity index (χ4v) is 2.66. The van der Waals surface area contributed by atoms with E-state index in [0.29, 0.717) is 5.92 Å². The van der Waals surface area contributed by atoms with Crippen LogP contribution in [0.15, 0.2) is 24.3 Å². The zero-order valence-corrected chi connectivity index (χ0v) is 12.9. The van der Waals surface area contributed by atoms with Gasteiger partial charge in [0.15, 0.2) is 0 Å². The first kappa shape index (κ1) is 15.2. The maximum atomic E-state index is 8.86. The molecule has 0 amide bonds. The minimum absolute atomic E-state index is 0.223. The van der Waals surface area contributed by atoms with E-state index in [1.54, 1.807) is 11.3 Å². The Morgan fingerprint density at radius 3 is 2.75 bits per heavy atom. The van der Waals surface area contributed by atoms with Crippen LogP contribution in [-0.4, -0.2) is 28.5 Å². The number of benzene rings is 1. The molecule has 0 saturated carbocycles. The fraction of sp³-hybridized carbons (Fsp3) is 0.429. The van der Waals surface area contributed by atoms with Gasteiger partial charge in [-0.1, -0.05) is 42.0 Å². The Kier molecular flexibility index (Phi) is 5.76. The summed E-state index contributed by atoms with van der Waals surface area (Å²) in [6.07, 6.45) is 1.56. The monoisotopic (exact) mass is 311 g/mol. The van der Waals surface area contributed by atoms with Crippen LogP contribution in [0.1, 0.15) is 23.9 Å². The average molecular weight is 312 g/mol. The maximum Gasteiger partial charge on any atom is 0.205 e. The molecule has 2 aromatic rings. The molecule has 0 bridgehead atoms. The number of rotatable bonds is 7. The first-order valence-corrected chi connectivity index (χ1v) is 7.78. The van der Waals surface area contributed by atoms with Gasteiger partial charge in [0.25, 0.3) is 0 Å². The number of nitrogens with zero attached hydrogens (tertiary/aromatic N) is 2. The number of halogens is 1. The number of hydrogen-bond acceptors (Lipinski definition) is 5. The third kappa shape index (κ3) is 4.74. The second-order valence-corrected chi connectivity index (χ2v) is 6.30. The van der Waals surface area contributed by atoms with Crippen LogP contribution in [0.3, 0.4) is 0 Å². The minimum atomic E-state index is 0.223. The lowest BCUT2D eigenvalue weighted by Crippen LogP contribution is -2.12. The molecule has 0 spiro atoms. The second-order valence-electron chi connectivity index (χ2n) is 4.80. The Hall–Kier alpha value is -1.17. The number of hydrogen-bond donors (Lipinski definition) is 2. The summed E-state index contributed by atoms with van der Waals surface area (Å²) in [5.74, 6) is 0.420. The highest BCUT2D eigenvalue weighted by atomic mass is 35.5. The summed E-state index contributed by atoms with van der Waals surface area (Å²) in [6.45, 7) is 3.12. The second kappa shape index (κ2) is 7.57. The molecule has 0 saturated heterocycles. The quantitative estimate of drug-likeness (QED) is 0.824. The topological polar surface area (TPSA) is 58.0 Å². The van der Waals surface area contributed by atoms with Crippen LogP contribution in [0.4, 0.5) is 5.13 Å². The van der Waals surface area contributed by atoms with E-state index in [1.807, 2.05) is 24.3 Å². The highest BCUT2D eigenvalue weighted by molar-refractivity contribution is 7.15. The van der Waals surface area contributed by atoms with E-state index in [0.717, 1.165) is 34.5 Å². The molecule has 1 atom stereocenters. The first-order valence-electron chi connectivity index (χ1n) is 6.59. The molecule has 108 valence electrons. The van der Waals surface area contributed by atoms with Crippen molar-refractivity contribution in [1.82, 2.24) is 10.2 Å². The predicted octanol–water partition coefficient (Wildman–Crippen LogP) is 3.21. The van der Waals surface area contributed by atoms with Crippen molar-refractivity contribution in [3.63, 3.8) is 0 Å². The standard InChI is InChI=1S/C14H18ClN3OS/c1-10(6-7-19)9-16-14-18-17-13(20-14)8-11-2-4-12(15)5-3-11/h2-5,10,19H,6-9H2,1H3,(H,16,18). The lowest BCUT2D eigenvalue weighted by atomic mass is 10.1. The third-order valence-electron chi connectivity index (χ3n) is 2.96. The number of aliphatic hydroxyl groups is 1. The zero-order chi connectivity index (χ0) is 14.4. The summed E-state index contributed by atoms with van der Waals surface area (Å²) in [4.78, 5) is 0. The van der Waals surface area contributed by atoms with Gasteiger partial charge in [-0.25, -0.2) is 0 Å². The number of aliphatic hydroxyl groups excluding tert-OH is 1. The molecule has 1 aromatic carbocycles. The van der Waals surface area contributed by atoms with Crippen molar-refractivity contribution in [1.29, 1.82) is 0 Å². The van der Waals surface area contributed by atoms with E-state index in [9.17, 15) is 0 Å². The van der Waals surface area contributed by atoms with Crippen LogP contribution in [0, 0.1) is 5.92 Å². The Bertz CT molecular complexity index is 529. The summed E-state index contributed by atoms with van der Waals surface area (Å²) in [5.41, 5.74) is 1.17. The molecule has 4 nitrogen and oxygen atoms in total. The summed E-state index contributed by atoms with van der Waals surface area (Å²) in [7, 11) is 0. The maximum absolute atomic E-state index is 8.86. The summed E-state index contributed by atoms with van der Waals surface area (Å²) >= 11 is 7.43. The predicted molar refractivity (Wildman–Crippen MR) is 83.5 cm³/mol. The van der Waals surface area contributed by atoms with E-state index >= 15 is 0 Å². The smallest absolute Gasteiger partial charge is 0.205 e. The third-order valence-corrected chi connectivity index (χ3v) is 4.09.